The van der Waals surface area contributed by atoms with Crippen molar-refractivity contribution in [1.29, 1.82) is 0 Å². The molecule has 0 atom stereocenters. The standard InChI is InChI=1S/C25H31N5O2/c1-4-14-29(18-24(31)27-23-13-9-8-10-20(23)2)25(32)19-28(3)16-21-15-26-30(17-21)22-11-6-5-7-12-22/h5-13,15,17H,4,14,16,18-19H2,1-3H3,(H,27,31). The number of carbonyl (C=O) groups is 2. The van der Waals surface area contributed by atoms with E-state index in [9.17, 15) is 9.59 Å². The zero-order valence-electron chi connectivity index (χ0n) is 19.0. The van der Waals surface area contributed by atoms with Gasteiger partial charge in [-0.25, -0.2) is 4.68 Å². The molecule has 0 saturated heterocycles. The zero-order chi connectivity index (χ0) is 22.9. The van der Waals surface area contributed by atoms with Crippen LogP contribution < -0.4 is 5.32 Å². The highest BCUT2D eigenvalue weighted by atomic mass is 16.2. The monoisotopic (exact) mass is 433 g/mol. The topological polar surface area (TPSA) is 70.5 Å². The summed E-state index contributed by atoms with van der Waals surface area (Å²) in [4.78, 5) is 29.0. The van der Waals surface area contributed by atoms with Gasteiger partial charge in [0, 0.05) is 30.5 Å². The number of carbonyl (C=O) groups excluding carboxylic acids is 2. The molecule has 2 amide bonds. The Balaban J connectivity index is 1.55. The van der Waals surface area contributed by atoms with Crippen molar-refractivity contribution in [2.75, 3.05) is 32.0 Å². The number of aromatic nitrogens is 2. The van der Waals surface area contributed by atoms with Gasteiger partial charge < -0.3 is 10.2 Å². The minimum atomic E-state index is -0.187. The van der Waals surface area contributed by atoms with E-state index < -0.39 is 0 Å². The Morgan fingerprint density at radius 3 is 2.47 bits per heavy atom. The van der Waals surface area contributed by atoms with Crippen LogP contribution in [0, 0.1) is 6.92 Å². The van der Waals surface area contributed by atoms with Gasteiger partial charge in [-0.2, -0.15) is 5.10 Å². The Morgan fingerprint density at radius 2 is 1.75 bits per heavy atom. The summed E-state index contributed by atoms with van der Waals surface area (Å²) in [7, 11) is 1.90. The number of anilines is 1. The molecule has 7 heteroatoms. The largest absolute Gasteiger partial charge is 0.332 e. The van der Waals surface area contributed by atoms with Crippen molar-refractivity contribution in [2.45, 2.75) is 26.8 Å². The van der Waals surface area contributed by atoms with E-state index in [1.807, 2.05) is 97.5 Å². The van der Waals surface area contributed by atoms with E-state index in [2.05, 4.69) is 10.4 Å². The van der Waals surface area contributed by atoms with Crippen LogP contribution in [0.15, 0.2) is 67.0 Å². The number of amides is 2. The van der Waals surface area contributed by atoms with Crippen LogP contribution in [0.3, 0.4) is 0 Å². The summed E-state index contributed by atoms with van der Waals surface area (Å²) in [5.74, 6) is -0.252. The summed E-state index contributed by atoms with van der Waals surface area (Å²) in [5.41, 5.74) is 3.77. The van der Waals surface area contributed by atoms with Gasteiger partial charge in [0.05, 0.1) is 25.0 Å². The van der Waals surface area contributed by atoms with Crippen LogP contribution in [-0.2, 0) is 16.1 Å². The fourth-order valence-electron chi connectivity index (χ4n) is 3.50. The third kappa shape index (κ3) is 6.52. The Labute approximate surface area is 189 Å². The molecule has 0 bridgehead atoms. The number of nitrogens with one attached hydrogen (secondary N) is 1. The molecule has 0 aliphatic heterocycles. The van der Waals surface area contributed by atoms with E-state index in [0.29, 0.717) is 13.1 Å². The molecule has 1 aromatic heterocycles. The second-order valence-electron chi connectivity index (χ2n) is 7.98. The molecule has 0 aliphatic carbocycles. The minimum Gasteiger partial charge on any atom is -0.332 e. The number of nitrogens with zero attached hydrogens (tertiary/aromatic N) is 4. The van der Waals surface area contributed by atoms with E-state index >= 15 is 0 Å². The molecular formula is C25H31N5O2. The first-order chi connectivity index (χ1) is 15.5. The van der Waals surface area contributed by atoms with Crippen LogP contribution in [0.25, 0.3) is 5.69 Å². The van der Waals surface area contributed by atoms with Crippen molar-refractivity contribution in [3.8, 4) is 5.69 Å². The third-order valence-electron chi connectivity index (χ3n) is 5.11. The number of hydrogen-bond donors (Lipinski definition) is 1. The molecule has 2 aromatic carbocycles. The summed E-state index contributed by atoms with van der Waals surface area (Å²) < 4.78 is 1.82. The molecule has 0 spiro atoms. The maximum Gasteiger partial charge on any atom is 0.244 e. The first-order valence-electron chi connectivity index (χ1n) is 10.9. The average Bonchev–Trinajstić information content (AvgIpc) is 3.24. The molecule has 3 aromatic rings. The maximum absolute atomic E-state index is 12.9. The second-order valence-corrected chi connectivity index (χ2v) is 7.98. The van der Waals surface area contributed by atoms with Crippen molar-refractivity contribution in [1.82, 2.24) is 19.6 Å². The molecule has 0 saturated carbocycles. The number of para-hydroxylation sites is 2. The van der Waals surface area contributed by atoms with Crippen molar-refractivity contribution in [3.05, 3.63) is 78.1 Å². The Hall–Kier alpha value is -3.45. The molecule has 0 unspecified atom stereocenters. The van der Waals surface area contributed by atoms with E-state index in [-0.39, 0.29) is 24.9 Å². The lowest BCUT2D eigenvalue weighted by molar-refractivity contribution is -0.135. The van der Waals surface area contributed by atoms with Crippen LogP contribution in [-0.4, -0.2) is 58.1 Å². The Morgan fingerprint density at radius 1 is 1.03 bits per heavy atom. The highest BCUT2D eigenvalue weighted by Gasteiger charge is 2.19. The number of rotatable bonds is 10. The molecule has 32 heavy (non-hydrogen) atoms. The van der Waals surface area contributed by atoms with Gasteiger partial charge in [-0.1, -0.05) is 43.3 Å². The summed E-state index contributed by atoms with van der Waals surface area (Å²) in [6.07, 6.45) is 4.57. The quantitative estimate of drug-likeness (QED) is 0.531. The van der Waals surface area contributed by atoms with Crippen molar-refractivity contribution < 1.29 is 9.59 Å². The lowest BCUT2D eigenvalue weighted by atomic mass is 10.2. The van der Waals surface area contributed by atoms with E-state index in [0.717, 1.165) is 28.9 Å². The number of benzene rings is 2. The Kier molecular flexibility index (Phi) is 8.16. The number of likely N-dealkylation sites (N-methyl/N-ethyl adjacent to an activating group) is 1. The molecule has 1 N–H and O–H groups in total. The van der Waals surface area contributed by atoms with Gasteiger partial charge in [0.25, 0.3) is 0 Å². The average molecular weight is 434 g/mol. The molecule has 0 aliphatic rings. The van der Waals surface area contributed by atoms with Crippen molar-refractivity contribution >= 4 is 17.5 Å². The van der Waals surface area contributed by atoms with E-state index in [1.165, 1.54) is 0 Å². The van der Waals surface area contributed by atoms with Crippen molar-refractivity contribution in [2.24, 2.45) is 0 Å². The first kappa shape index (κ1) is 23.2. The Bertz CT molecular complexity index is 1030. The van der Waals surface area contributed by atoms with Crippen molar-refractivity contribution in [3.63, 3.8) is 0 Å². The van der Waals surface area contributed by atoms with Crippen LogP contribution in [0.5, 0.6) is 0 Å². The highest BCUT2D eigenvalue weighted by molar-refractivity contribution is 5.95. The summed E-state index contributed by atoms with van der Waals surface area (Å²) >= 11 is 0. The van der Waals surface area contributed by atoms with E-state index in [1.54, 1.807) is 4.90 Å². The zero-order valence-corrected chi connectivity index (χ0v) is 19.0. The van der Waals surface area contributed by atoms with Gasteiger partial charge in [0.15, 0.2) is 0 Å². The minimum absolute atomic E-state index is 0.0424. The molecule has 168 valence electrons. The normalized spacial score (nSPS) is 10.9. The third-order valence-corrected chi connectivity index (χ3v) is 5.11. The van der Waals surface area contributed by atoms with Crippen LogP contribution in [0.2, 0.25) is 0 Å². The smallest absolute Gasteiger partial charge is 0.244 e. The van der Waals surface area contributed by atoms with Gasteiger partial charge in [0.1, 0.15) is 0 Å². The van der Waals surface area contributed by atoms with Crippen LogP contribution >= 0.6 is 0 Å². The van der Waals surface area contributed by atoms with Gasteiger partial charge in [0.2, 0.25) is 11.8 Å². The van der Waals surface area contributed by atoms with Gasteiger partial charge in [-0.15, -0.1) is 0 Å². The molecule has 1 heterocycles. The lowest BCUT2D eigenvalue weighted by Crippen LogP contribution is -2.43. The summed E-state index contributed by atoms with van der Waals surface area (Å²) in [6.45, 7) is 5.35. The molecule has 0 fully saturated rings. The molecule has 7 nitrogen and oxygen atoms in total. The van der Waals surface area contributed by atoms with E-state index in [4.69, 9.17) is 0 Å². The summed E-state index contributed by atoms with van der Waals surface area (Å²) in [6, 6.07) is 17.5. The van der Waals surface area contributed by atoms with Gasteiger partial charge in [-0.3, -0.25) is 14.5 Å². The van der Waals surface area contributed by atoms with Gasteiger partial charge in [-0.05, 0) is 44.2 Å². The lowest BCUT2D eigenvalue weighted by Gasteiger charge is -2.24. The summed E-state index contributed by atoms with van der Waals surface area (Å²) in [5, 5.41) is 7.32. The molecule has 3 rings (SSSR count). The maximum atomic E-state index is 12.9. The number of aryl methyl sites for hydroxylation is 1. The SMILES string of the molecule is CCCN(CC(=O)Nc1ccccc1C)C(=O)CN(C)Cc1cnn(-c2ccccc2)c1. The fraction of sp³-hybridized carbons (Fsp3) is 0.320. The highest BCUT2D eigenvalue weighted by Crippen LogP contribution is 2.13. The van der Waals surface area contributed by atoms with Crippen LogP contribution in [0.1, 0.15) is 24.5 Å². The predicted octanol–water partition coefficient (Wildman–Crippen LogP) is 3.49. The van der Waals surface area contributed by atoms with Crippen LogP contribution in [0.4, 0.5) is 5.69 Å². The van der Waals surface area contributed by atoms with Gasteiger partial charge >= 0.3 is 0 Å². The molecule has 0 radical (unpaired) electrons. The number of hydrogen-bond acceptors (Lipinski definition) is 4. The second kappa shape index (κ2) is 11.2. The predicted molar refractivity (Wildman–Crippen MR) is 127 cm³/mol. The fourth-order valence-corrected chi connectivity index (χ4v) is 3.50. The molecular weight excluding hydrogens is 402 g/mol. The first-order valence-corrected chi connectivity index (χ1v) is 10.9.